The zero-order chi connectivity index (χ0) is 21.6. The second-order valence-electron chi connectivity index (χ2n) is 7.01. The average molecular weight is 455 g/mol. The van der Waals surface area contributed by atoms with Gasteiger partial charge in [0.05, 0.1) is 24.4 Å². The summed E-state index contributed by atoms with van der Waals surface area (Å²) in [4.78, 5) is 4.42. The third kappa shape index (κ3) is 5.67. The topological polar surface area (TPSA) is 56.5 Å². The van der Waals surface area contributed by atoms with Gasteiger partial charge in [0.1, 0.15) is 18.1 Å². The predicted molar refractivity (Wildman–Crippen MR) is 124 cm³/mol. The molecule has 2 aromatic heterocycles. The van der Waals surface area contributed by atoms with Crippen LogP contribution in [0.2, 0.25) is 5.02 Å². The molecule has 0 atom stereocenters. The summed E-state index contributed by atoms with van der Waals surface area (Å²) in [6.07, 6.45) is 0. The van der Waals surface area contributed by atoms with E-state index in [0.29, 0.717) is 36.2 Å². The van der Waals surface area contributed by atoms with Gasteiger partial charge in [-0.1, -0.05) is 17.7 Å². The molecule has 0 unspecified atom stereocenters. The highest BCUT2D eigenvalue weighted by atomic mass is 35.5. The number of ether oxygens (including phenoxy) is 2. The van der Waals surface area contributed by atoms with Crippen LogP contribution in [0.4, 0.5) is 0 Å². The predicted octanol–water partition coefficient (Wildman–Crippen LogP) is 6.24. The number of hydrogen-bond donors (Lipinski definition) is 1. The summed E-state index contributed by atoms with van der Waals surface area (Å²) in [5.74, 6) is 3.10. The molecule has 31 heavy (non-hydrogen) atoms. The Bertz CT molecular complexity index is 1140. The molecule has 5 nitrogen and oxygen atoms in total. The maximum absolute atomic E-state index is 5.95. The van der Waals surface area contributed by atoms with Gasteiger partial charge in [0.25, 0.3) is 0 Å². The summed E-state index contributed by atoms with van der Waals surface area (Å²) in [5.41, 5.74) is 3.02. The minimum absolute atomic E-state index is 0.423. The van der Waals surface area contributed by atoms with Crippen LogP contribution in [0.15, 0.2) is 64.4 Å². The Labute approximate surface area is 190 Å². The van der Waals surface area contributed by atoms with E-state index in [1.54, 1.807) is 18.4 Å². The van der Waals surface area contributed by atoms with Gasteiger partial charge in [-0.05, 0) is 61.0 Å². The molecule has 0 saturated carbocycles. The molecule has 0 aliphatic heterocycles. The van der Waals surface area contributed by atoms with E-state index in [0.717, 1.165) is 33.3 Å². The van der Waals surface area contributed by atoms with Gasteiger partial charge >= 0.3 is 0 Å². The van der Waals surface area contributed by atoms with E-state index in [-0.39, 0.29) is 0 Å². The summed E-state index contributed by atoms with van der Waals surface area (Å²) in [6.45, 7) is 3.71. The Morgan fingerprint density at radius 1 is 1.03 bits per heavy atom. The highest BCUT2D eigenvalue weighted by molar-refractivity contribution is 7.09. The van der Waals surface area contributed by atoms with Crippen molar-refractivity contribution in [2.75, 3.05) is 7.11 Å². The van der Waals surface area contributed by atoms with Crippen molar-refractivity contribution in [1.82, 2.24) is 10.3 Å². The quantitative estimate of drug-likeness (QED) is 0.324. The van der Waals surface area contributed by atoms with Gasteiger partial charge in [0.15, 0.2) is 11.5 Å². The van der Waals surface area contributed by atoms with Gasteiger partial charge in [-0.25, -0.2) is 4.98 Å². The number of benzene rings is 2. The summed E-state index contributed by atoms with van der Waals surface area (Å²) < 4.78 is 17.3. The number of aromatic nitrogens is 1. The van der Waals surface area contributed by atoms with Crippen LogP contribution in [0.5, 0.6) is 11.5 Å². The van der Waals surface area contributed by atoms with E-state index >= 15 is 0 Å². The van der Waals surface area contributed by atoms with Gasteiger partial charge in [-0.3, -0.25) is 0 Å². The lowest BCUT2D eigenvalue weighted by molar-refractivity contribution is 0.281. The van der Waals surface area contributed by atoms with Crippen LogP contribution in [0.3, 0.4) is 0 Å². The number of furan rings is 1. The van der Waals surface area contributed by atoms with Crippen molar-refractivity contribution >= 4 is 22.9 Å². The van der Waals surface area contributed by atoms with E-state index in [1.807, 2.05) is 66.9 Å². The summed E-state index contributed by atoms with van der Waals surface area (Å²) in [7, 11) is 1.65. The fourth-order valence-corrected chi connectivity index (χ4v) is 3.86. The molecule has 1 N–H and O–H groups in total. The van der Waals surface area contributed by atoms with E-state index in [1.165, 1.54) is 0 Å². The molecule has 0 fully saturated rings. The van der Waals surface area contributed by atoms with E-state index < -0.39 is 0 Å². The SMILES string of the molecule is COc1cc(CNCc2ccc(-c3ccc(Cl)cc3)o2)ccc1OCc1csc(C)n1. The maximum Gasteiger partial charge on any atom is 0.161 e. The monoisotopic (exact) mass is 454 g/mol. The van der Waals surface area contributed by atoms with Crippen LogP contribution in [0.1, 0.15) is 22.0 Å². The number of aryl methyl sites for hydroxylation is 1. The van der Waals surface area contributed by atoms with Gasteiger partial charge in [0, 0.05) is 22.5 Å². The molecule has 0 aliphatic carbocycles. The zero-order valence-corrected chi connectivity index (χ0v) is 18.9. The van der Waals surface area contributed by atoms with Crippen molar-refractivity contribution < 1.29 is 13.9 Å². The first kappa shape index (κ1) is 21.4. The molecule has 2 heterocycles. The first-order valence-electron chi connectivity index (χ1n) is 9.87. The lowest BCUT2D eigenvalue weighted by Gasteiger charge is -2.12. The largest absolute Gasteiger partial charge is 0.493 e. The molecule has 0 aliphatic rings. The van der Waals surface area contributed by atoms with Crippen molar-refractivity contribution in [2.45, 2.75) is 26.6 Å². The third-order valence-corrected chi connectivity index (χ3v) is 5.76. The highest BCUT2D eigenvalue weighted by Gasteiger charge is 2.09. The van der Waals surface area contributed by atoms with E-state index in [2.05, 4.69) is 10.3 Å². The second kappa shape index (κ2) is 10.0. The Morgan fingerprint density at radius 3 is 2.61 bits per heavy atom. The number of hydrogen-bond acceptors (Lipinski definition) is 6. The molecule has 7 heteroatoms. The minimum Gasteiger partial charge on any atom is -0.493 e. The van der Waals surface area contributed by atoms with Gasteiger partial charge < -0.3 is 19.2 Å². The average Bonchev–Trinajstić information content (AvgIpc) is 3.42. The molecule has 0 bridgehead atoms. The molecular weight excluding hydrogens is 432 g/mol. The first-order chi connectivity index (χ1) is 15.1. The molecule has 0 amide bonds. The molecule has 2 aromatic carbocycles. The fraction of sp³-hybridized carbons (Fsp3) is 0.208. The molecule has 0 spiro atoms. The summed E-state index contributed by atoms with van der Waals surface area (Å²) >= 11 is 7.57. The van der Waals surface area contributed by atoms with Crippen LogP contribution >= 0.6 is 22.9 Å². The van der Waals surface area contributed by atoms with Gasteiger partial charge in [-0.2, -0.15) is 0 Å². The van der Waals surface area contributed by atoms with Crippen molar-refractivity contribution in [3.8, 4) is 22.8 Å². The van der Waals surface area contributed by atoms with Crippen molar-refractivity contribution in [1.29, 1.82) is 0 Å². The second-order valence-corrected chi connectivity index (χ2v) is 8.51. The standard InChI is InChI=1S/C24H23ClN2O3S/c1-16-27-20(15-31-16)14-29-23-9-3-17(11-24(23)28-2)12-26-13-21-8-10-22(30-21)18-4-6-19(25)7-5-18/h3-11,15,26H,12-14H2,1-2H3. The number of methoxy groups -OCH3 is 1. The Kier molecular flexibility index (Phi) is 6.92. The minimum atomic E-state index is 0.423. The van der Waals surface area contributed by atoms with Crippen LogP contribution in [-0.4, -0.2) is 12.1 Å². The molecule has 160 valence electrons. The smallest absolute Gasteiger partial charge is 0.161 e. The van der Waals surface area contributed by atoms with E-state index in [4.69, 9.17) is 25.5 Å². The van der Waals surface area contributed by atoms with Crippen LogP contribution < -0.4 is 14.8 Å². The lowest BCUT2D eigenvalue weighted by Crippen LogP contribution is -2.12. The Hall–Kier alpha value is -2.80. The normalized spacial score (nSPS) is 10.9. The summed E-state index contributed by atoms with van der Waals surface area (Å²) in [5, 5.41) is 7.15. The Balaban J connectivity index is 1.32. The number of thiazole rings is 1. The number of rotatable bonds is 9. The van der Waals surface area contributed by atoms with Crippen LogP contribution in [-0.2, 0) is 19.7 Å². The van der Waals surface area contributed by atoms with Crippen molar-refractivity contribution in [2.24, 2.45) is 0 Å². The van der Waals surface area contributed by atoms with Crippen LogP contribution in [0.25, 0.3) is 11.3 Å². The molecule has 4 rings (SSSR count). The highest BCUT2D eigenvalue weighted by Crippen LogP contribution is 2.29. The fourth-order valence-electron chi connectivity index (χ4n) is 3.14. The summed E-state index contributed by atoms with van der Waals surface area (Å²) in [6, 6.07) is 17.5. The van der Waals surface area contributed by atoms with Gasteiger partial charge in [0.2, 0.25) is 0 Å². The number of nitrogens with zero attached hydrogens (tertiary/aromatic N) is 1. The lowest BCUT2D eigenvalue weighted by atomic mass is 10.2. The molecule has 0 saturated heterocycles. The Morgan fingerprint density at radius 2 is 1.87 bits per heavy atom. The van der Waals surface area contributed by atoms with E-state index in [9.17, 15) is 0 Å². The zero-order valence-electron chi connectivity index (χ0n) is 17.4. The first-order valence-corrected chi connectivity index (χ1v) is 11.1. The molecule has 4 aromatic rings. The molecule has 0 radical (unpaired) electrons. The van der Waals surface area contributed by atoms with Crippen molar-refractivity contribution in [3.63, 3.8) is 0 Å². The third-order valence-electron chi connectivity index (χ3n) is 4.69. The number of nitrogens with one attached hydrogen (secondary N) is 1. The van der Waals surface area contributed by atoms with Crippen molar-refractivity contribution in [3.05, 3.63) is 87.0 Å². The number of halogens is 1. The van der Waals surface area contributed by atoms with Crippen LogP contribution in [0, 0.1) is 6.92 Å². The molecular formula is C24H23ClN2O3S. The maximum atomic E-state index is 5.95. The van der Waals surface area contributed by atoms with Gasteiger partial charge in [-0.15, -0.1) is 11.3 Å².